The molecule has 0 saturated carbocycles. The van der Waals surface area contributed by atoms with Crippen LogP contribution in [0.3, 0.4) is 0 Å². The molecule has 0 amide bonds. The maximum Gasteiger partial charge on any atom is 0.270 e. The maximum atomic E-state index is 13.6. The highest BCUT2D eigenvalue weighted by Crippen LogP contribution is 2.24. The monoisotopic (exact) mass is 306 g/mol. The van der Waals surface area contributed by atoms with E-state index in [9.17, 15) is 24.0 Å². The topological polar surface area (TPSA) is 75.7 Å². The third kappa shape index (κ3) is 3.43. The zero-order valence-electron chi connectivity index (χ0n) is 11.5. The molecule has 0 unspecified atom stereocenters. The van der Waals surface area contributed by atoms with Gasteiger partial charge < -0.3 is 5.11 Å². The summed E-state index contributed by atoms with van der Waals surface area (Å²) >= 11 is 0. The fourth-order valence-electron chi connectivity index (χ4n) is 1.87. The van der Waals surface area contributed by atoms with Gasteiger partial charge in [0.1, 0.15) is 17.4 Å². The highest BCUT2D eigenvalue weighted by molar-refractivity contribution is 5.84. The Kier molecular flexibility index (Phi) is 4.45. The van der Waals surface area contributed by atoms with Crippen molar-refractivity contribution in [3.8, 4) is 5.75 Å². The maximum absolute atomic E-state index is 13.6. The Morgan fingerprint density at radius 3 is 2.64 bits per heavy atom. The van der Waals surface area contributed by atoms with E-state index >= 15 is 0 Å². The van der Waals surface area contributed by atoms with Gasteiger partial charge in [-0.1, -0.05) is 6.07 Å². The molecule has 0 saturated heterocycles. The summed E-state index contributed by atoms with van der Waals surface area (Å²) in [7, 11) is 0. The summed E-state index contributed by atoms with van der Waals surface area (Å²) in [5.74, 6) is -1.59. The summed E-state index contributed by atoms with van der Waals surface area (Å²) in [5.41, 5.74) is 0.131. The van der Waals surface area contributed by atoms with Crippen LogP contribution in [0, 0.1) is 21.7 Å². The van der Waals surface area contributed by atoms with E-state index in [4.69, 9.17) is 0 Å². The van der Waals surface area contributed by atoms with Gasteiger partial charge in [0.05, 0.1) is 11.0 Å². The molecule has 1 atom stereocenters. The minimum absolute atomic E-state index is 0.142. The number of aromatic hydroxyl groups is 1. The van der Waals surface area contributed by atoms with Crippen LogP contribution in [0.25, 0.3) is 0 Å². The number of nitro benzene ring substituents is 1. The molecule has 2 aromatic rings. The Morgan fingerprint density at radius 2 is 2.00 bits per heavy atom. The van der Waals surface area contributed by atoms with Crippen LogP contribution in [-0.4, -0.2) is 16.2 Å². The second-order valence-electron chi connectivity index (χ2n) is 4.62. The molecule has 0 heterocycles. The molecular weight excluding hydrogens is 294 g/mol. The first-order valence-corrected chi connectivity index (χ1v) is 6.34. The van der Waals surface area contributed by atoms with E-state index < -0.39 is 22.6 Å². The molecule has 0 aliphatic rings. The summed E-state index contributed by atoms with van der Waals surface area (Å²) in [6.45, 7) is 1.58. The largest absolute Gasteiger partial charge is 0.507 e. The van der Waals surface area contributed by atoms with Crippen molar-refractivity contribution < 1.29 is 18.8 Å². The fraction of sp³-hybridized carbons (Fsp3) is 0.133. The number of halogens is 2. The smallest absolute Gasteiger partial charge is 0.270 e. The molecule has 0 aliphatic heterocycles. The predicted octanol–water partition coefficient (Wildman–Crippen LogP) is 3.76. The van der Waals surface area contributed by atoms with E-state index in [2.05, 4.69) is 4.99 Å². The number of benzene rings is 2. The quantitative estimate of drug-likeness (QED) is 0.531. The van der Waals surface area contributed by atoms with Crippen molar-refractivity contribution in [2.45, 2.75) is 13.0 Å². The summed E-state index contributed by atoms with van der Waals surface area (Å²) < 4.78 is 26.5. The third-order valence-corrected chi connectivity index (χ3v) is 3.07. The molecule has 0 bridgehead atoms. The molecule has 5 nitrogen and oxygen atoms in total. The number of nitrogens with zero attached hydrogens (tertiary/aromatic N) is 2. The lowest BCUT2D eigenvalue weighted by Crippen LogP contribution is -1.97. The minimum Gasteiger partial charge on any atom is -0.507 e. The second-order valence-corrected chi connectivity index (χ2v) is 4.62. The Morgan fingerprint density at radius 1 is 1.27 bits per heavy atom. The zero-order chi connectivity index (χ0) is 16.3. The predicted molar refractivity (Wildman–Crippen MR) is 77.1 cm³/mol. The van der Waals surface area contributed by atoms with Crippen molar-refractivity contribution in [1.29, 1.82) is 0 Å². The van der Waals surface area contributed by atoms with Gasteiger partial charge in [0.25, 0.3) is 5.69 Å². The molecule has 0 aromatic heterocycles. The second kappa shape index (κ2) is 6.30. The van der Waals surface area contributed by atoms with E-state index in [1.54, 1.807) is 6.92 Å². The van der Waals surface area contributed by atoms with Crippen LogP contribution in [0.1, 0.15) is 24.1 Å². The third-order valence-electron chi connectivity index (χ3n) is 3.07. The van der Waals surface area contributed by atoms with Gasteiger partial charge in [-0.05, 0) is 19.1 Å². The standard InChI is InChI=1S/C15H12F2N2O3/c1-9(13-4-2-11(16)7-14(13)17)18-8-10-6-12(19(21)22)3-5-15(10)20/h2-9,20H,1H3/t9-/m1/s1. The molecule has 0 spiro atoms. The van der Waals surface area contributed by atoms with Gasteiger partial charge in [-0.2, -0.15) is 0 Å². The van der Waals surface area contributed by atoms with Gasteiger partial charge >= 0.3 is 0 Å². The summed E-state index contributed by atoms with van der Waals surface area (Å²) in [6.07, 6.45) is 1.22. The van der Waals surface area contributed by atoms with Crippen LogP contribution in [0.5, 0.6) is 5.75 Å². The Hall–Kier alpha value is -2.83. The van der Waals surface area contributed by atoms with Crippen molar-refractivity contribution in [2.24, 2.45) is 4.99 Å². The zero-order valence-corrected chi connectivity index (χ0v) is 11.5. The molecule has 2 rings (SSSR count). The average Bonchev–Trinajstić information content (AvgIpc) is 2.45. The van der Waals surface area contributed by atoms with Crippen molar-refractivity contribution in [3.63, 3.8) is 0 Å². The van der Waals surface area contributed by atoms with Crippen molar-refractivity contribution in [3.05, 3.63) is 69.3 Å². The Balaban J connectivity index is 2.27. The lowest BCUT2D eigenvalue weighted by Gasteiger charge is -2.08. The van der Waals surface area contributed by atoms with Crippen molar-refractivity contribution >= 4 is 11.9 Å². The van der Waals surface area contributed by atoms with Gasteiger partial charge in [-0.3, -0.25) is 15.1 Å². The lowest BCUT2D eigenvalue weighted by molar-refractivity contribution is -0.384. The summed E-state index contributed by atoms with van der Waals surface area (Å²) in [6, 6.07) is 6.02. The van der Waals surface area contributed by atoms with Gasteiger partial charge in [0, 0.05) is 35.5 Å². The highest BCUT2D eigenvalue weighted by atomic mass is 19.1. The number of aliphatic imine (C=N–C) groups is 1. The first-order valence-electron chi connectivity index (χ1n) is 6.34. The van der Waals surface area contributed by atoms with Gasteiger partial charge in [-0.15, -0.1) is 0 Å². The first kappa shape index (κ1) is 15.6. The van der Waals surface area contributed by atoms with Crippen molar-refractivity contribution in [1.82, 2.24) is 0 Å². The van der Waals surface area contributed by atoms with Gasteiger partial charge in [0.2, 0.25) is 0 Å². The van der Waals surface area contributed by atoms with E-state index in [0.717, 1.165) is 24.3 Å². The van der Waals surface area contributed by atoms with Crippen LogP contribution in [0.4, 0.5) is 14.5 Å². The first-order chi connectivity index (χ1) is 10.4. The number of phenolic OH excluding ortho intramolecular Hbond substituents is 1. The minimum atomic E-state index is -0.729. The summed E-state index contributed by atoms with van der Waals surface area (Å²) in [5, 5.41) is 20.3. The molecule has 7 heteroatoms. The van der Waals surface area contributed by atoms with Crippen LogP contribution >= 0.6 is 0 Å². The fourth-order valence-corrected chi connectivity index (χ4v) is 1.87. The number of phenols is 1. The van der Waals surface area contributed by atoms with Crippen LogP contribution in [0.15, 0.2) is 41.4 Å². The Labute approximate surface area is 124 Å². The normalized spacial score (nSPS) is 12.5. The number of hydrogen-bond acceptors (Lipinski definition) is 4. The van der Waals surface area contributed by atoms with E-state index in [1.165, 1.54) is 18.3 Å². The molecule has 1 N–H and O–H groups in total. The average molecular weight is 306 g/mol. The highest BCUT2D eigenvalue weighted by Gasteiger charge is 2.12. The lowest BCUT2D eigenvalue weighted by atomic mass is 10.1. The SMILES string of the molecule is C[C@@H](N=Cc1cc([N+](=O)[O-])ccc1O)c1ccc(F)cc1F. The molecule has 114 valence electrons. The van der Waals surface area contributed by atoms with E-state index in [0.29, 0.717) is 0 Å². The van der Waals surface area contributed by atoms with Crippen LogP contribution < -0.4 is 0 Å². The molecule has 2 aromatic carbocycles. The molecular formula is C15H12F2N2O3. The number of hydrogen-bond donors (Lipinski definition) is 1. The van der Waals surface area contributed by atoms with E-state index in [-0.39, 0.29) is 22.6 Å². The molecule has 0 radical (unpaired) electrons. The van der Waals surface area contributed by atoms with Crippen molar-refractivity contribution in [2.75, 3.05) is 0 Å². The number of non-ortho nitro benzene ring substituents is 1. The Bertz CT molecular complexity index is 748. The van der Waals surface area contributed by atoms with Gasteiger partial charge in [-0.25, -0.2) is 8.78 Å². The van der Waals surface area contributed by atoms with Crippen LogP contribution in [-0.2, 0) is 0 Å². The molecule has 0 aliphatic carbocycles. The molecule has 0 fully saturated rings. The number of rotatable bonds is 4. The van der Waals surface area contributed by atoms with Crippen LogP contribution in [0.2, 0.25) is 0 Å². The van der Waals surface area contributed by atoms with Gasteiger partial charge in [0.15, 0.2) is 0 Å². The molecule has 22 heavy (non-hydrogen) atoms. The van der Waals surface area contributed by atoms with E-state index in [1.807, 2.05) is 0 Å². The summed E-state index contributed by atoms with van der Waals surface area (Å²) in [4.78, 5) is 14.1. The number of nitro groups is 1.